The zero-order chi connectivity index (χ0) is 36.3. The van der Waals surface area contributed by atoms with Gasteiger partial charge in [-0.1, -0.05) is 47.2 Å². The van der Waals surface area contributed by atoms with Gasteiger partial charge in [0, 0.05) is 0 Å². The zero-order valence-electron chi connectivity index (χ0n) is 29.4. The molecule has 0 radical (unpaired) electrons. The minimum Gasteiger partial charge on any atom is -0.691 e. The molecule has 0 aliphatic rings. The van der Waals surface area contributed by atoms with Crippen LogP contribution in [0.2, 0.25) is 0 Å². The summed E-state index contributed by atoms with van der Waals surface area (Å²) < 4.78 is 42.1. The van der Waals surface area contributed by atoms with E-state index in [1.807, 2.05) is 111 Å². The molecule has 0 aromatic rings. The first-order chi connectivity index (χ1) is 19.3. The molecule has 0 amide bonds. The molecule has 0 heterocycles. The third-order valence-electron chi connectivity index (χ3n) is 2.72. The van der Waals surface area contributed by atoms with E-state index in [1.54, 1.807) is 0 Å². The van der Waals surface area contributed by atoms with Gasteiger partial charge >= 0.3 is 23.9 Å². The molecule has 0 aromatic carbocycles. The molecule has 21 heteroatoms. The molecular weight excluding hydrogens is 915 g/mol. The second-order valence-corrected chi connectivity index (χ2v) is 30.6. The van der Waals surface area contributed by atoms with Gasteiger partial charge in [0.25, 0.3) is 0 Å². The monoisotopic (exact) mass is 972 g/mol. The van der Waals surface area contributed by atoms with Crippen molar-refractivity contribution in [2.45, 2.75) is 160 Å². The van der Waals surface area contributed by atoms with E-state index in [2.05, 4.69) is 0 Å². The molecule has 0 N–H and O–H groups in total. The molecule has 0 saturated carbocycles. The molecule has 0 spiro atoms. The maximum atomic E-state index is 5.27. The summed E-state index contributed by atoms with van der Waals surface area (Å²) in [6.45, 7) is 30.4. The standard InChI is InChI=1S/4C6H15O2PS2.Sn/c4*1-5(2)7-9(10,11)8-6(3)4;/h4*5-6H,1-4H3,(H,10,11);/q;;;;+4/p-4. The maximum Gasteiger partial charge on any atom is 4.00 e. The third-order valence-corrected chi connectivity index (χ3v) is 12.3. The van der Waals surface area contributed by atoms with Crippen LogP contribution in [0.25, 0.3) is 0 Å². The van der Waals surface area contributed by atoms with Crippen molar-refractivity contribution in [3.05, 3.63) is 0 Å². The smallest absolute Gasteiger partial charge is 0.691 e. The summed E-state index contributed by atoms with van der Waals surface area (Å²) in [6.07, 6.45) is 0.423. The van der Waals surface area contributed by atoms with Crippen LogP contribution >= 0.6 is 22.8 Å². The van der Waals surface area contributed by atoms with E-state index in [1.165, 1.54) is 0 Å². The fourth-order valence-electron chi connectivity index (χ4n) is 2.16. The molecule has 0 saturated heterocycles. The van der Waals surface area contributed by atoms with E-state index < -0.39 is 22.8 Å². The van der Waals surface area contributed by atoms with Crippen LogP contribution < -0.4 is 0 Å². The molecule has 45 heavy (non-hydrogen) atoms. The van der Waals surface area contributed by atoms with Gasteiger partial charge in [0.15, 0.2) is 0 Å². The number of hydrogen-bond donors (Lipinski definition) is 0. The quantitative estimate of drug-likeness (QED) is 0.0837. The van der Waals surface area contributed by atoms with Crippen molar-refractivity contribution in [2.24, 2.45) is 0 Å². The van der Waals surface area contributed by atoms with Gasteiger partial charge in [0.05, 0.1) is 71.6 Å². The Kier molecular flexibility index (Phi) is 39.0. The van der Waals surface area contributed by atoms with Crippen molar-refractivity contribution in [3.63, 3.8) is 0 Å². The Labute approximate surface area is 335 Å². The van der Waals surface area contributed by atoms with Crippen LogP contribution in [0, 0.1) is 0 Å². The predicted octanol–water partition coefficient (Wildman–Crippen LogP) is 10.1. The van der Waals surface area contributed by atoms with E-state index in [4.69, 9.17) is 132 Å². The van der Waals surface area contributed by atoms with E-state index in [-0.39, 0.29) is 72.7 Å². The van der Waals surface area contributed by atoms with Crippen molar-refractivity contribution in [1.82, 2.24) is 0 Å². The van der Waals surface area contributed by atoms with E-state index >= 15 is 0 Å². The first-order valence-electron chi connectivity index (χ1n) is 14.0. The first-order valence-corrected chi connectivity index (χ1v) is 28.7. The van der Waals surface area contributed by atoms with Gasteiger partial charge in [0.2, 0.25) is 0 Å². The first kappa shape index (κ1) is 58.8. The van der Waals surface area contributed by atoms with Crippen LogP contribution in [0.3, 0.4) is 0 Å². The number of rotatable bonds is 16. The Morgan fingerprint density at radius 2 is 0.356 bits per heavy atom. The molecule has 0 unspecified atom stereocenters. The van der Waals surface area contributed by atoms with Gasteiger partial charge in [-0.15, -0.1) is 0 Å². The van der Waals surface area contributed by atoms with Gasteiger partial charge in [-0.3, -0.25) is 0 Å². The predicted molar refractivity (Wildman–Crippen MR) is 222 cm³/mol. The van der Waals surface area contributed by atoms with Crippen LogP contribution in [0.15, 0.2) is 0 Å². The Balaban J connectivity index is -0.000000157. The third kappa shape index (κ3) is 52.9. The molecule has 0 atom stereocenters. The van der Waals surface area contributed by atoms with Crippen molar-refractivity contribution in [2.75, 3.05) is 0 Å². The second kappa shape index (κ2) is 29.9. The van der Waals surface area contributed by atoms with Crippen LogP contribution in [0.4, 0.5) is 0 Å². The molecule has 0 rings (SSSR count). The molecule has 0 aromatic heterocycles. The van der Waals surface area contributed by atoms with Crippen molar-refractivity contribution in [1.29, 1.82) is 0 Å². The van der Waals surface area contributed by atoms with Crippen LogP contribution in [0.1, 0.15) is 111 Å². The summed E-state index contributed by atoms with van der Waals surface area (Å²) in [5.41, 5.74) is -9.55. The largest absolute Gasteiger partial charge is 4.00 e. The summed E-state index contributed by atoms with van der Waals surface area (Å²) in [7, 11) is 0. The van der Waals surface area contributed by atoms with E-state index in [0.29, 0.717) is 0 Å². The summed E-state index contributed by atoms with van der Waals surface area (Å²) in [4.78, 5) is 0. The second-order valence-electron chi connectivity index (χ2n) is 11.0. The molecule has 0 fully saturated rings. The van der Waals surface area contributed by atoms with Gasteiger partial charge in [0.1, 0.15) is 0 Å². The summed E-state index contributed by atoms with van der Waals surface area (Å²) in [5, 5.41) is 0. The van der Waals surface area contributed by atoms with Gasteiger partial charge < -0.3 is 85.2 Å². The van der Waals surface area contributed by atoms with Crippen molar-refractivity contribution >= 4 is 143 Å². The van der Waals surface area contributed by atoms with Gasteiger partial charge in [-0.05, 0) is 111 Å². The van der Waals surface area contributed by atoms with Crippen LogP contribution in [-0.2, 0) is 132 Å². The Bertz CT molecular complexity index is 730. The van der Waals surface area contributed by atoms with Crippen molar-refractivity contribution in [3.8, 4) is 0 Å². The average molecular weight is 972 g/mol. The summed E-state index contributed by atoms with van der Waals surface area (Å²) in [6, 6.07) is 0. The SMILES string of the molecule is CC(C)OP(=S)([S-])OC(C)C.CC(C)OP(=S)([S-])OC(C)C.CC(C)OP(=S)([S-])OC(C)C.CC(C)OP(=S)([S-])OC(C)C.[Sn+4]. The normalized spacial score (nSPS) is 12.7. The van der Waals surface area contributed by atoms with E-state index in [0.717, 1.165) is 0 Å². The zero-order valence-corrected chi connectivity index (χ0v) is 42.4. The Hall–Kier alpha value is 4.48. The minimum absolute atomic E-state index is 0. The Morgan fingerprint density at radius 3 is 0.400 bits per heavy atom. The number of hydrogen-bond acceptors (Lipinski definition) is 16. The fourth-order valence-corrected chi connectivity index (χ4v) is 14.8. The molecular formula is C24H56O8P4S8Sn. The average Bonchev–Trinajstić information content (AvgIpc) is 2.59. The molecule has 0 aliphatic carbocycles. The Morgan fingerprint density at radius 1 is 0.289 bits per heavy atom. The molecule has 8 nitrogen and oxygen atoms in total. The minimum atomic E-state index is -2.39. The molecule has 0 bridgehead atoms. The topological polar surface area (TPSA) is 73.8 Å². The van der Waals surface area contributed by atoms with Gasteiger partial charge in [-0.2, -0.15) is 0 Å². The molecule has 0 aliphatic heterocycles. The van der Waals surface area contributed by atoms with Crippen molar-refractivity contribution < 1.29 is 36.2 Å². The molecule has 272 valence electrons. The summed E-state index contributed by atoms with van der Waals surface area (Å²) >= 11 is 39.8. The van der Waals surface area contributed by atoms with E-state index in [9.17, 15) is 0 Å². The van der Waals surface area contributed by atoms with Crippen LogP contribution in [-0.4, -0.2) is 72.7 Å². The van der Waals surface area contributed by atoms with Gasteiger partial charge in [-0.25, -0.2) is 0 Å². The van der Waals surface area contributed by atoms with Crippen LogP contribution in [0.5, 0.6) is 0 Å². The summed E-state index contributed by atoms with van der Waals surface area (Å²) in [5.74, 6) is 0. The fraction of sp³-hybridized carbons (Fsp3) is 1.00. The maximum absolute atomic E-state index is 5.27.